The van der Waals surface area contributed by atoms with E-state index in [-0.39, 0.29) is 5.56 Å². The van der Waals surface area contributed by atoms with Crippen molar-refractivity contribution in [3.63, 3.8) is 0 Å². The summed E-state index contributed by atoms with van der Waals surface area (Å²) in [5.74, 6) is -0.600. The second-order valence-corrected chi connectivity index (χ2v) is 3.65. The molecule has 1 aromatic heterocycles. The van der Waals surface area contributed by atoms with E-state index in [0.29, 0.717) is 18.9 Å². The van der Waals surface area contributed by atoms with Crippen molar-refractivity contribution >= 4 is 5.97 Å². The van der Waals surface area contributed by atoms with Gasteiger partial charge in [0.25, 0.3) is 0 Å². The lowest BCUT2D eigenvalue weighted by Gasteiger charge is -2.04. The summed E-state index contributed by atoms with van der Waals surface area (Å²) in [6.45, 7) is 0.482. The van der Waals surface area contributed by atoms with Gasteiger partial charge in [-0.25, -0.2) is 4.79 Å². The van der Waals surface area contributed by atoms with Gasteiger partial charge in [-0.2, -0.15) is 10.4 Å². The van der Waals surface area contributed by atoms with Crippen molar-refractivity contribution in [2.24, 2.45) is 0 Å². The molecule has 0 aliphatic heterocycles. The Labute approximate surface area is 86.9 Å². The lowest BCUT2D eigenvalue weighted by Crippen LogP contribution is -2.07. The lowest BCUT2D eigenvalue weighted by molar-refractivity contribution is 0.0695. The van der Waals surface area contributed by atoms with Gasteiger partial charge in [-0.05, 0) is 12.8 Å². The molecular formula is C10H11N3O2. The van der Waals surface area contributed by atoms with Crippen LogP contribution in [0.2, 0.25) is 0 Å². The van der Waals surface area contributed by atoms with Crippen molar-refractivity contribution in [1.29, 1.82) is 5.26 Å². The SMILES string of the molecule is N#CCCn1ncc(C(=O)O)c1C1CC1. The highest BCUT2D eigenvalue weighted by molar-refractivity contribution is 5.89. The Balaban J connectivity index is 2.30. The van der Waals surface area contributed by atoms with Crippen molar-refractivity contribution in [1.82, 2.24) is 9.78 Å². The molecule has 1 saturated carbocycles. The van der Waals surface area contributed by atoms with E-state index in [2.05, 4.69) is 5.10 Å². The van der Waals surface area contributed by atoms with Crippen molar-refractivity contribution < 1.29 is 9.90 Å². The van der Waals surface area contributed by atoms with Crippen LogP contribution in [0.15, 0.2) is 6.20 Å². The third-order valence-corrected chi connectivity index (χ3v) is 2.51. The molecule has 1 aromatic rings. The molecule has 1 fully saturated rings. The van der Waals surface area contributed by atoms with Crippen LogP contribution in [-0.2, 0) is 6.54 Å². The lowest BCUT2D eigenvalue weighted by atomic mass is 10.2. The summed E-state index contributed by atoms with van der Waals surface area (Å²) in [7, 11) is 0. The first-order valence-corrected chi connectivity index (χ1v) is 4.90. The number of carbonyl (C=O) groups is 1. The maximum Gasteiger partial charge on any atom is 0.339 e. The highest BCUT2D eigenvalue weighted by atomic mass is 16.4. The molecule has 0 spiro atoms. The zero-order chi connectivity index (χ0) is 10.8. The highest BCUT2D eigenvalue weighted by Gasteiger charge is 2.32. The Bertz CT molecular complexity index is 426. The number of hydrogen-bond acceptors (Lipinski definition) is 3. The van der Waals surface area contributed by atoms with Crippen LogP contribution in [0.4, 0.5) is 0 Å². The Morgan fingerprint density at radius 1 is 1.73 bits per heavy atom. The average Bonchev–Trinajstić information content (AvgIpc) is 2.95. The van der Waals surface area contributed by atoms with E-state index in [9.17, 15) is 4.79 Å². The maximum atomic E-state index is 10.9. The van der Waals surface area contributed by atoms with E-state index in [0.717, 1.165) is 18.5 Å². The fourth-order valence-corrected chi connectivity index (χ4v) is 1.68. The Hall–Kier alpha value is -1.83. The molecule has 0 atom stereocenters. The van der Waals surface area contributed by atoms with Gasteiger partial charge in [0.15, 0.2) is 0 Å². The zero-order valence-electron chi connectivity index (χ0n) is 8.18. The number of nitrogens with zero attached hydrogens (tertiary/aromatic N) is 3. The topological polar surface area (TPSA) is 78.9 Å². The molecule has 1 aliphatic rings. The summed E-state index contributed by atoms with van der Waals surface area (Å²) in [6, 6.07) is 2.03. The van der Waals surface area contributed by atoms with Crippen LogP contribution in [0.3, 0.4) is 0 Å². The van der Waals surface area contributed by atoms with Crippen LogP contribution in [-0.4, -0.2) is 20.9 Å². The summed E-state index contributed by atoms with van der Waals surface area (Å²) in [5.41, 5.74) is 1.08. The maximum absolute atomic E-state index is 10.9. The smallest absolute Gasteiger partial charge is 0.339 e. The molecule has 5 nitrogen and oxygen atoms in total. The van der Waals surface area contributed by atoms with Gasteiger partial charge in [0.05, 0.1) is 30.9 Å². The standard InChI is InChI=1S/C10H11N3O2/c11-4-1-5-13-9(7-2-3-7)8(6-12-13)10(14)15/h6-7H,1-3,5H2,(H,14,15). The molecule has 0 aromatic carbocycles. The van der Waals surface area contributed by atoms with Crippen molar-refractivity contribution in [3.05, 3.63) is 17.5 Å². The summed E-state index contributed by atoms with van der Waals surface area (Å²) < 4.78 is 1.66. The number of hydrogen-bond donors (Lipinski definition) is 1. The third kappa shape index (κ3) is 1.84. The minimum Gasteiger partial charge on any atom is -0.478 e. The number of aryl methyl sites for hydroxylation is 1. The number of carboxylic acids is 1. The van der Waals surface area contributed by atoms with Crippen LogP contribution in [0.1, 0.15) is 41.2 Å². The predicted molar refractivity (Wildman–Crippen MR) is 51.4 cm³/mol. The molecule has 0 unspecified atom stereocenters. The molecule has 1 heterocycles. The number of carboxylic acid groups (broad SMARTS) is 1. The van der Waals surface area contributed by atoms with E-state index in [4.69, 9.17) is 10.4 Å². The van der Waals surface area contributed by atoms with E-state index < -0.39 is 5.97 Å². The van der Waals surface area contributed by atoms with Crippen molar-refractivity contribution in [2.45, 2.75) is 31.7 Å². The van der Waals surface area contributed by atoms with Gasteiger partial charge in [-0.15, -0.1) is 0 Å². The van der Waals surface area contributed by atoms with Gasteiger partial charge < -0.3 is 5.11 Å². The van der Waals surface area contributed by atoms with Crippen LogP contribution >= 0.6 is 0 Å². The summed E-state index contributed by atoms with van der Waals surface area (Å²) >= 11 is 0. The van der Waals surface area contributed by atoms with E-state index >= 15 is 0 Å². The Kier molecular flexibility index (Phi) is 2.42. The van der Waals surface area contributed by atoms with E-state index in [1.165, 1.54) is 6.20 Å². The third-order valence-electron chi connectivity index (χ3n) is 2.51. The van der Waals surface area contributed by atoms with Crippen LogP contribution < -0.4 is 0 Å². The monoisotopic (exact) mass is 205 g/mol. The van der Waals surface area contributed by atoms with Crippen LogP contribution in [0.25, 0.3) is 0 Å². The molecule has 0 bridgehead atoms. The predicted octanol–water partition coefficient (Wildman–Crippen LogP) is 1.37. The van der Waals surface area contributed by atoms with Gasteiger partial charge in [-0.3, -0.25) is 4.68 Å². The molecule has 0 radical (unpaired) electrons. The number of aromatic carboxylic acids is 1. The molecule has 1 aliphatic carbocycles. The van der Waals surface area contributed by atoms with Gasteiger partial charge in [0, 0.05) is 5.92 Å². The molecule has 15 heavy (non-hydrogen) atoms. The number of nitriles is 1. The zero-order valence-corrected chi connectivity index (χ0v) is 8.18. The van der Waals surface area contributed by atoms with Crippen molar-refractivity contribution in [2.75, 3.05) is 0 Å². The first kappa shape index (κ1) is 9.71. The largest absolute Gasteiger partial charge is 0.478 e. The van der Waals surface area contributed by atoms with Gasteiger partial charge >= 0.3 is 5.97 Å². The minimum atomic E-state index is -0.930. The summed E-state index contributed by atoms with van der Waals surface area (Å²) in [6.07, 6.45) is 3.80. The van der Waals surface area contributed by atoms with Gasteiger partial charge in [0.2, 0.25) is 0 Å². The molecule has 2 rings (SSSR count). The van der Waals surface area contributed by atoms with Crippen molar-refractivity contribution in [3.8, 4) is 6.07 Å². The number of aromatic nitrogens is 2. The van der Waals surface area contributed by atoms with E-state index in [1.807, 2.05) is 6.07 Å². The average molecular weight is 205 g/mol. The second kappa shape index (κ2) is 3.73. The molecule has 0 amide bonds. The fourth-order valence-electron chi connectivity index (χ4n) is 1.68. The minimum absolute atomic E-state index is 0.287. The molecule has 1 N–H and O–H groups in total. The quantitative estimate of drug-likeness (QED) is 0.805. The normalized spacial score (nSPS) is 14.9. The van der Waals surface area contributed by atoms with Gasteiger partial charge in [0.1, 0.15) is 5.56 Å². The molecule has 78 valence electrons. The Morgan fingerprint density at radius 3 is 3.00 bits per heavy atom. The molecular weight excluding hydrogens is 194 g/mol. The number of rotatable bonds is 4. The first-order valence-electron chi connectivity index (χ1n) is 4.90. The molecule has 5 heteroatoms. The van der Waals surface area contributed by atoms with Crippen LogP contribution in [0.5, 0.6) is 0 Å². The fraction of sp³-hybridized carbons (Fsp3) is 0.500. The van der Waals surface area contributed by atoms with Crippen LogP contribution in [0, 0.1) is 11.3 Å². The highest BCUT2D eigenvalue weighted by Crippen LogP contribution is 2.41. The van der Waals surface area contributed by atoms with E-state index in [1.54, 1.807) is 4.68 Å². The summed E-state index contributed by atoms with van der Waals surface area (Å²) in [5, 5.41) is 21.5. The summed E-state index contributed by atoms with van der Waals surface area (Å²) in [4.78, 5) is 10.9. The van der Waals surface area contributed by atoms with Gasteiger partial charge in [-0.1, -0.05) is 0 Å². The second-order valence-electron chi connectivity index (χ2n) is 3.65. The Morgan fingerprint density at radius 2 is 2.47 bits per heavy atom. The molecule has 0 saturated heterocycles. The first-order chi connectivity index (χ1) is 7.24.